The maximum Gasteiger partial charge on any atom is 0.322 e. The van der Waals surface area contributed by atoms with Crippen LogP contribution in [0.4, 0.5) is 0 Å². The second kappa shape index (κ2) is 22.5. The Morgan fingerprint density at radius 3 is 1.49 bits per heavy atom. The van der Waals surface area contributed by atoms with Crippen LogP contribution in [0.15, 0.2) is 0 Å². The molecule has 0 fully saturated rings. The van der Waals surface area contributed by atoms with Gasteiger partial charge in [-0.3, -0.25) is 14.4 Å². The van der Waals surface area contributed by atoms with Crippen LogP contribution >= 0.6 is 24.4 Å². The number of hydrogen-bond acceptors (Lipinski definition) is 7. The number of carbonyl (C=O) groups excluding carboxylic acids is 3. The SMILES string of the molecule is CCCCCCCC[C@@](C)(S)C(=O)OCC.CCCCCCCC[C@@](C)(SC(C)=O)C(=O)OCC. The molecule has 7 heteroatoms. The smallest absolute Gasteiger partial charge is 0.322 e. The summed E-state index contributed by atoms with van der Waals surface area (Å²) >= 11 is 5.49. The number of carbonyl (C=O) groups is 3. The molecule has 0 spiro atoms. The second-order valence-electron chi connectivity index (χ2n) is 9.57. The highest BCUT2D eigenvalue weighted by Gasteiger charge is 2.36. The Morgan fingerprint density at radius 2 is 1.06 bits per heavy atom. The van der Waals surface area contributed by atoms with Crippen LogP contribution < -0.4 is 0 Å². The largest absolute Gasteiger partial charge is 0.465 e. The zero-order valence-corrected chi connectivity index (χ0v) is 25.4. The highest BCUT2D eigenvalue weighted by Crippen LogP contribution is 2.33. The van der Waals surface area contributed by atoms with Gasteiger partial charge in [-0.1, -0.05) is 103 Å². The van der Waals surface area contributed by atoms with Gasteiger partial charge in [0.25, 0.3) is 0 Å². The van der Waals surface area contributed by atoms with E-state index >= 15 is 0 Å². The monoisotopic (exact) mass is 534 g/mol. The van der Waals surface area contributed by atoms with E-state index in [1.165, 1.54) is 64.7 Å². The Kier molecular flexibility index (Phi) is 23.4. The molecule has 0 aromatic carbocycles. The number of unbranched alkanes of at least 4 members (excludes halogenated alkanes) is 10. The average Bonchev–Trinajstić information content (AvgIpc) is 2.78. The Hall–Kier alpha value is -0.690. The molecule has 0 saturated heterocycles. The van der Waals surface area contributed by atoms with E-state index in [2.05, 4.69) is 26.5 Å². The Morgan fingerprint density at radius 1 is 0.657 bits per heavy atom. The Balaban J connectivity index is 0. The number of hydrogen-bond donors (Lipinski definition) is 1. The van der Waals surface area contributed by atoms with Crippen molar-refractivity contribution in [3.05, 3.63) is 0 Å². The van der Waals surface area contributed by atoms with Crippen molar-refractivity contribution in [2.75, 3.05) is 13.2 Å². The molecule has 0 amide bonds. The van der Waals surface area contributed by atoms with Crippen molar-refractivity contribution in [3.63, 3.8) is 0 Å². The van der Waals surface area contributed by atoms with Gasteiger partial charge in [0.2, 0.25) is 0 Å². The molecule has 0 heterocycles. The van der Waals surface area contributed by atoms with Crippen molar-refractivity contribution in [1.29, 1.82) is 0 Å². The Bertz CT molecular complexity index is 566. The molecule has 0 radical (unpaired) electrons. The molecule has 0 aromatic rings. The first-order valence-electron chi connectivity index (χ1n) is 13.8. The summed E-state index contributed by atoms with van der Waals surface area (Å²) < 4.78 is 8.75. The predicted octanol–water partition coefficient (Wildman–Crippen LogP) is 8.33. The van der Waals surface area contributed by atoms with E-state index in [0.717, 1.165) is 37.4 Å². The lowest BCUT2D eigenvalue weighted by Crippen LogP contribution is -2.34. The number of thioether (sulfide) groups is 1. The Labute approximate surface area is 226 Å². The first-order chi connectivity index (χ1) is 16.5. The van der Waals surface area contributed by atoms with Crippen LogP contribution in [-0.4, -0.2) is 39.8 Å². The summed E-state index contributed by atoms with van der Waals surface area (Å²) in [6.07, 6.45) is 16.0. The average molecular weight is 535 g/mol. The number of esters is 2. The fourth-order valence-corrected chi connectivity index (χ4v) is 4.92. The first-order valence-corrected chi connectivity index (χ1v) is 15.0. The molecule has 2 atom stereocenters. The summed E-state index contributed by atoms with van der Waals surface area (Å²) in [6.45, 7) is 14.0. The minimum absolute atomic E-state index is 0.0264. The van der Waals surface area contributed by atoms with Gasteiger partial charge in [-0.25, -0.2) is 0 Å². The molecule has 0 rings (SSSR count). The van der Waals surface area contributed by atoms with Gasteiger partial charge in [0.05, 0.1) is 13.2 Å². The molecule has 0 saturated carbocycles. The minimum Gasteiger partial charge on any atom is -0.465 e. The van der Waals surface area contributed by atoms with E-state index < -0.39 is 9.49 Å². The lowest BCUT2D eigenvalue weighted by molar-refractivity contribution is -0.146. The van der Waals surface area contributed by atoms with Crippen LogP contribution in [0.25, 0.3) is 0 Å². The lowest BCUT2D eigenvalue weighted by atomic mass is 10.0. The molecule has 0 unspecified atom stereocenters. The van der Waals surface area contributed by atoms with Gasteiger partial charge < -0.3 is 9.47 Å². The second-order valence-corrected chi connectivity index (χ2v) is 12.2. The molecule has 0 aromatic heterocycles. The third-order valence-corrected chi connectivity index (χ3v) is 7.33. The van der Waals surface area contributed by atoms with E-state index in [1.54, 1.807) is 6.92 Å². The fraction of sp³-hybridized carbons (Fsp3) is 0.893. The molecule has 208 valence electrons. The third-order valence-electron chi connectivity index (χ3n) is 5.82. The topological polar surface area (TPSA) is 69.7 Å². The van der Waals surface area contributed by atoms with Crippen molar-refractivity contribution >= 4 is 41.4 Å². The molecular formula is C28H54O5S2. The quantitative estimate of drug-likeness (QED) is 0.102. The maximum absolute atomic E-state index is 12.0. The summed E-state index contributed by atoms with van der Waals surface area (Å²) in [5.41, 5.74) is 0. The van der Waals surface area contributed by atoms with Gasteiger partial charge in [-0.2, -0.15) is 12.6 Å². The molecule has 35 heavy (non-hydrogen) atoms. The van der Waals surface area contributed by atoms with Crippen LogP contribution in [0.2, 0.25) is 0 Å². The van der Waals surface area contributed by atoms with Crippen molar-refractivity contribution in [3.8, 4) is 0 Å². The molecule has 0 bridgehead atoms. The minimum atomic E-state index is -0.716. The van der Waals surface area contributed by atoms with Crippen molar-refractivity contribution in [2.24, 2.45) is 0 Å². The van der Waals surface area contributed by atoms with Gasteiger partial charge in [0, 0.05) is 6.92 Å². The van der Waals surface area contributed by atoms with E-state index in [-0.39, 0.29) is 17.1 Å². The summed E-state index contributed by atoms with van der Waals surface area (Å²) in [4.78, 5) is 34.8. The van der Waals surface area contributed by atoms with Crippen LogP contribution in [-0.2, 0) is 23.9 Å². The van der Waals surface area contributed by atoms with Crippen molar-refractivity contribution in [1.82, 2.24) is 0 Å². The molecule has 0 aliphatic rings. The zero-order chi connectivity index (χ0) is 27.2. The standard InChI is InChI=1S/C15H28O3S.C13H26O2S/c1-5-7-8-9-10-11-12-15(4,19-13(3)16)14(17)18-6-2;1-4-6-7-8-9-10-11-13(3,16)12(14)15-5-2/h5-12H2,1-4H3;16H,4-11H2,1-3H3/t15-;13-/m11/s1. The fourth-order valence-electron chi connectivity index (χ4n) is 3.68. The molecule has 0 aliphatic carbocycles. The summed E-state index contributed by atoms with van der Waals surface area (Å²) in [6, 6.07) is 0. The highest BCUT2D eigenvalue weighted by atomic mass is 32.2. The molecule has 0 aliphatic heterocycles. The normalized spacial score (nSPS) is 14.2. The van der Waals surface area contributed by atoms with Crippen LogP contribution in [0.5, 0.6) is 0 Å². The van der Waals surface area contributed by atoms with Gasteiger partial charge in [-0.05, 0) is 40.5 Å². The zero-order valence-electron chi connectivity index (χ0n) is 23.7. The highest BCUT2D eigenvalue weighted by molar-refractivity contribution is 8.15. The number of ether oxygens (including phenoxy) is 2. The summed E-state index contributed by atoms with van der Waals surface area (Å²) in [5.74, 6) is -0.448. The van der Waals surface area contributed by atoms with E-state index in [1.807, 2.05) is 20.8 Å². The van der Waals surface area contributed by atoms with Gasteiger partial charge in [0.1, 0.15) is 9.49 Å². The van der Waals surface area contributed by atoms with E-state index in [0.29, 0.717) is 19.6 Å². The molecule has 5 nitrogen and oxygen atoms in total. The molecular weight excluding hydrogens is 480 g/mol. The number of rotatable bonds is 19. The third kappa shape index (κ3) is 20.1. The first kappa shape index (κ1) is 36.5. The van der Waals surface area contributed by atoms with Crippen molar-refractivity contribution in [2.45, 2.75) is 148 Å². The molecule has 0 N–H and O–H groups in total. The van der Waals surface area contributed by atoms with Crippen LogP contribution in [0, 0.1) is 0 Å². The number of thiol groups is 1. The summed E-state index contributed by atoms with van der Waals surface area (Å²) in [7, 11) is 0. The van der Waals surface area contributed by atoms with Crippen LogP contribution in [0.3, 0.4) is 0 Å². The maximum atomic E-state index is 12.0. The van der Waals surface area contributed by atoms with Crippen molar-refractivity contribution < 1.29 is 23.9 Å². The van der Waals surface area contributed by atoms with Gasteiger partial charge in [-0.15, -0.1) is 0 Å². The van der Waals surface area contributed by atoms with Gasteiger partial charge in [0.15, 0.2) is 5.12 Å². The van der Waals surface area contributed by atoms with Crippen LogP contribution in [0.1, 0.15) is 138 Å². The lowest BCUT2D eigenvalue weighted by Gasteiger charge is -2.25. The summed E-state index contributed by atoms with van der Waals surface area (Å²) in [5, 5.41) is -0.0264. The predicted molar refractivity (Wildman–Crippen MR) is 153 cm³/mol. The van der Waals surface area contributed by atoms with E-state index in [4.69, 9.17) is 9.47 Å². The van der Waals surface area contributed by atoms with Gasteiger partial charge >= 0.3 is 11.9 Å². The van der Waals surface area contributed by atoms with E-state index in [9.17, 15) is 14.4 Å².